The van der Waals surface area contributed by atoms with Crippen LogP contribution in [0, 0.1) is 23.3 Å². The SMILES string of the molecule is O=C(NCC(F)(F)F)c1ccc2cncc(-c3cc(F)ccc3F)c2n1.O=C(NCC(F)(F)F)c1ccc2cncc(-c3ccc(F)c(F)c3)c2n1. The highest BCUT2D eigenvalue weighted by Gasteiger charge is 2.29. The lowest BCUT2D eigenvalue weighted by Gasteiger charge is -2.10. The van der Waals surface area contributed by atoms with Crippen molar-refractivity contribution in [1.29, 1.82) is 0 Å². The molecule has 0 spiro atoms. The fraction of sp³-hybridized carbons (Fsp3) is 0.118. The lowest BCUT2D eigenvalue weighted by atomic mass is 10.0. The van der Waals surface area contributed by atoms with E-state index in [1.165, 1.54) is 55.1 Å². The first-order valence-corrected chi connectivity index (χ1v) is 14.6. The average molecular weight is 735 g/mol. The topological polar surface area (TPSA) is 110 Å². The van der Waals surface area contributed by atoms with E-state index in [4.69, 9.17) is 0 Å². The number of pyridine rings is 4. The third-order valence-corrected chi connectivity index (χ3v) is 7.01. The minimum Gasteiger partial charge on any atom is -0.342 e. The fourth-order valence-electron chi connectivity index (χ4n) is 4.66. The quantitative estimate of drug-likeness (QED) is 0.170. The normalized spacial score (nSPS) is 11.6. The zero-order chi connectivity index (χ0) is 37.8. The van der Waals surface area contributed by atoms with Crippen LogP contribution in [0.15, 0.2) is 85.5 Å². The molecule has 0 unspecified atom stereocenters. The molecule has 6 rings (SSSR count). The smallest absolute Gasteiger partial charge is 0.342 e. The Bertz CT molecular complexity index is 2300. The number of nitrogens with one attached hydrogen (secondary N) is 2. The van der Waals surface area contributed by atoms with Gasteiger partial charge in [0.1, 0.15) is 36.1 Å². The van der Waals surface area contributed by atoms with Crippen LogP contribution in [0.2, 0.25) is 0 Å². The van der Waals surface area contributed by atoms with E-state index in [1.54, 1.807) is 10.6 Å². The standard InChI is InChI=1S/2C17H10F5N3O/c18-10-2-3-13(19)11(5-10)12-7-23-6-9-1-4-14(25-15(9)12)16(26)24-8-17(20,21)22;18-12-3-1-9(5-13(12)19)11-7-23-6-10-2-4-14(25-15(10)11)16(26)24-8-17(20,21)22/h2*1-7H,8H2,(H,24,26). The van der Waals surface area contributed by atoms with Gasteiger partial charge in [0.2, 0.25) is 0 Å². The Morgan fingerprint density at radius 1 is 0.538 bits per heavy atom. The van der Waals surface area contributed by atoms with Crippen molar-refractivity contribution in [1.82, 2.24) is 30.6 Å². The summed E-state index contributed by atoms with van der Waals surface area (Å²) in [6, 6.07) is 11.4. The van der Waals surface area contributed by atoms with Crippen LogP contribution in [0.5, 0.6) is 0 Å². The van der Waals surface area contributed by atoms with Gasteiger partial charge >= 0.3 is 12.4 Å². The van der Waals surface area contributed by atoms with Crippen LogP contribution >= 0.6 is 0 Å². The van der Waals surface area contributed by atoms with Gasteiger partial charge in [-0.05, 0) is 60.2 Å². The maximum atomic E-state index is 14.1. The Morgan fingerprint density at radius 2 is 1.04 bits per heavy atom. The van der Waals surface area contributed by atoms with Crippen LogP contribution < -0.4 is 10.6 Å². The Balaban J connectivity index is 0.000000201. The number of alkyl halides is 6. The first-order chi connectivity index (χ1) is 24.5. The van der Waals surface area contributed by atoms with Gasteiger partial charge in [0, 0.05) is 52.3 Å². The molecule has 2 aromatic carbocycles. The van der Waals surface area contributed by atoms with Crippen molar-refractivity contribution in [3.8, 4) is 22.3 Å². The third-order valence-electron chi connectivity index (χ3n) is 7.01. The first kappa shape index (κ1) is 37.1. The van der Waals surface area contributed by atoms with Crippen molar-refractivity contribution in [2.45, 2.75) is 12.4 Å². The van der Waals surface area contributed by atoms with Crippen LogP contribution in [0.4, 0.5) is 43.9 Å². The summed E-state index contributed by atoms with van der Waals surface area (Å²) in [6.45, 7) is -2.99. The Kier molecular flexibility index (Phi) is 10.7. The second-order valence-corrected chi connectivity index (χ2v) is 10.8. The van der Waals surface area contributed by atoms with Crippen LogP contribution in [-0.4, -0.2) is 57.2 Å². The third kappa shape index (κ3) is 9.12. The van der Waals surface area contributed by atoms with E-state index in [1.807, 2.05) is 0 Å². The maximum absolute atomic E-state index is 14.1. The molecule has 0 aliphatic rings. The van der Waals surface area contributed by atoms with E-state index >= 15 is 0 Å². The summed E-state index contributed by atoms with van der Waals surface area (Å²) >= 11 is 0. The number of hydrogen-bond donors (Lipinski definition) is 2. The highest BCUT2D eigenvalue weighted by molar-refractivity contribution is 5.99. The summed E-state index contributed by atoms with van der Waals surface area (Å²) in [6.07, 6.45) is -3.70. The molecule has 52 heavy (non-hydrogen) atoms. The Labute approximate surface area is 285 Å². The summed E-state index contributed by atoms with van der Waals surface area (Å²) in [5.41, 5.74) is 0.389. The predicted molar refractivity (Wildman–Crippen MR) is 167 cm³/mol. The maximum Gasteiger partial charge on any atom is 0.405 e. The molecule has 0 atom stereocenters. The van der Waals surface area contributed by atoms with Crippen LogP contribution in [-0.2, 0) is 0 Å². The number of fused-ring (bicyclic) bond motifs is 2. The predicted octanol–water partition coefficient (Wildman–Crippen LogP) is 7.73. The molecular formula is C34H20F10N6O2. The molecule has 8 nitrogen and oxygen atoms in total. The monoisotopic (exact) mass is 734 g/mol. The van der Waals surface area contributed by atoms with Gasteiger partial charge in [0.25, 0.3) is 11.8 Å². The van der Waals surface area contributed by atoms with E-state index in [0.717, 1.165) is 30.3 Å². The largest absolute Gasteiger partial charge is 0.405 e. The summed E-state index contributed by atoms with van der Waals surface area (Å²) in [7, 11) is 0. The number of hydrogen-bond acceptors (Lipinski definition) is 6. The van der Waals surface area contributed by atoms with Crippen molar-refractivity contribution in [2.24, 2.45) is 0 Å². The van der Waals surface area contributed by atoms with Crippen molar-refractivity contribution >= 4 is 33.6 Å². The summed E-state index contributed by atoms with van der Waals surface area (Å²) in [5, 5.41) is 4.34. The molecule has 0 aliphatic heterocycles. The molecular weight excluding hydrogens is 714 g/mol. The number of benzene rings is 2. The summed E-state index contributed by atoms with van der Waals surface area (Å²) < 4.78 is 128. The number of carbonyl (C=O) groups is 2. The number of halogens is 10. The number of carbonyl (C=O) groups excluding carboxylic acids is 2. The molecule has 0 fully saturated rings. The van der Waals surface area contributed by atoms with Gasteiger partial charge in [-0.15, -0.1) is 0 Å². The minimum absolute atomic E-state index is 0.115. The fourth-order valence-corrected chi connectivity index (χ4v) is 4.66. The molecule has 4 heterocycles. The van der Waals surface area contributed by atoms with Crippen molar-refractivity contribution in [3.05, 3.63) is 120 Å². The van der Waals surface area contributed by atoms with Crippen LogP contribution in [0.3, 0.4) is 0 Å². The molecule has 0 radical (unpaired) electrons. The highest BCUT2D eigenvalue weighted by atomic mass is 19.4. The van der Waals surface area contributed by atoms with E-state index in [0.29, 0.717) is 16.3 Å². The number of amides is 2. The van der Waals surface area contributed by atoms with Crippen LogP contribution in [0.25, 0.3) is 44.1 Å². The lowest BCUT2D eigenvalue weighted by molar-refractivity contribution is -0.123. The summed E-state index contributed by atoms with van der Waals surface area (Å²) in [5.74, 6) is -5.54. The molecule has 18 heteroatoms. The van der Waals surface area contributed by atoms with Gasteiger partial charge in [-0.2, -0.15) is 26.3 Å². The van der Waals surface area contributed by atoms with Gasteiger partial charge < -0.3 is 10.6 Å². The highest BCUT2D eigenvalue weighted by Crippen LogP contribution is 2.30. The van der Waals surface area contributed by atoms with Crippen molar-refractivity contribution in [3.63, 3.8) is 0 Å². The molecule has 0 saturated carbocycles. The van der Waals surface area contributed by atoms with Gasteiger partial charge in [-0.1, -0.05) is 6.07 Å². The van der Waals surface area contributed by atoms with Gasteiger partial charge in [-0.25, -0.2) is 27.5 Å². The van der Waals surface area contributed by atoms with Crippen molar-refractivity contribution in [2.75, 3.05) is 13.1 Å². The van der Waals surface area contributed by atoms with Crippen LogP contribution in [0.1, 0.15) is 21.0 Å². The second-order valence-electron chi connectivity index (χ2n) is 10.8. The van der Waals surface area contributed by atoms with E-state index < -0.39 is 60.5 Å². The zero-order valence-electron chi connectivity index (χ0n) is 25.9. The average Bonchev–Trinajstić information content (AvgIpc) is 3.10. The number of aromatic nitrogens is 4. The number of rotatable bonds is 6. The molecule has 4 aromatic heterocycles. The number of nitrogens with zero attached hydrogens (tertiary/aromatic N) is 4. The van der Waals surface area contributed by atoms with E-state index in [-0.39, 0.29) is 39.1 Å². The Hall–Kier alpha value is -6.20. The van der Waals surface area contributed by atoms with Crippen molar-refractivity contribution < 1.29 is 53.5 Å². The molecule has 2 amide bonds. The molecule has 2 N–H and O–H groups in total. The van der Waals surface area contributed by atoms with Gasteiger partial charge in [0.15, 0.2) is 11.6 Å². The van der Waals surface area contributed by atoms with E-state index in [9.17, 15) is 53.5 Å². The van der Waals surface area contributed by atoms with Gasteiger partial charge in [-0.3, -0.25) is 19.6 Å². The van der Waals surface area contributed by atoms with E-state index in [2.05, 4.69) is 19.9 Å². The lowest BCUT2D eigenvalue weighted by Crippen LogP contribution is -2.34. The minimum atomic E-state index is -4.56. The van der Waals surface area contributed by atoms with Gasteiger partial charge in [0.05, 0.1) is 11.0 Å². The molecule has 0 aliphatic carbocycles. The molecule has 0 saturated heterocycles. The Morgan fingerprint density at radius 3 is 1.56 bits per heavy atom. The zero-order valence-corrected chi connectivity index (χ0v) is 25.9. The molecule has 268 valence electrons. The summed E-state index contributed by atoms with van der Waals surface area (Å²) in [4.78, 5) is 39.8. The second kappa shape index (κ2) is 15.0. The molecule has 0 bridgehead atoms. The first-order valence-electron chi connectivity index (χ1n) is 14.6. The molecule has 6 aromatic rings.